The zero-order valence-electron chi connectivity index (χ0n) is 7.44. The van der Waals surface area contributed by atoms with Gasteiger partial charge in [-0.2, -0.15) is 0 Å². The molecular weight excluding hydrogens is 323 g/mol. The third-order valence-corrected chi connectivity index (χ3v) is 5.86. The summed E-state index contributed by atoms with van der Waals surface area (Å²) >= 11 is 35.3. The van der Waals surface area contributed by atoms with Crippen molar-refractivity contribution in [2.75, 3.05) is 0 Å². The average molecular weight is 332 g/mol. The molecule has 7 heteroatoms. The van der Waals surface area contributed by atoms with Crippen molar-refractivity contribution in [2.24, 2.45) is 0 Å². The molecule has 0 aromatic heterocycles. The van der Waals surface area contributed by atoms with Gasteiger partial charge in [-0.25, -0.2) is 0 Å². The summed E-state index contributed by atoms with van der Waals surface area (Å²) in [4.78, 5) is 0. The van der Waals surface area contributed by atoms with Gasteiger partial charge in [-0.3, -0.25) is 5.41 Å². The van der Waals surface area contributed by atoms with Crippen molar-refractivity contribution < 1.29 is 0 Å². The van der Waals surface area contributed by atoms with Gasteiger partial charge < -0.3 is 0 Å². The maximum absolute atomic E-state index is 5.88. The van der Waals surface area contributed by atoms with Crippen molar-refractivity contribution in [1.29, 1.82) is 5.41 Å². The molecule has 1 nitrogen and oxygen atoms in total. The Hall–Kier alpha value is 1.19. The first-order valence-electron chi connectivity index (χ1n) is 3.91. The van der Waals surface area contributed by atoms with Crippen molar-refractivity contribution in [1.82, 2.24) is 0 Å². The monoisotopic (exact) mass is 329 g/mol. The van der Waals surface area contributed by atoms with Gasteiger partial charge in [-0.05, 0) is 12.4 Å². The third kappa shape index (κ3) is 4.16. The number of rotatable bonds is 0. The van der Waals surface area contributed by atoms with Crippen LogP contribution in [0.15, 0.2) is 6.58 Å². The lowest BCUT2D eigenvalue weighted by molar-refractivity contribution is 0.544. The fourth-order valence-electron chi connectivity index (χ4n) is 1.05. The summed E-state index contributed by atoms with van der Waals surface area (Å²) in [6.07, 6.45) is 0. The number of nitrogens with one attached hydrogen (secondary N) is 1. The van der Waals surface area contributed by atoms with Crippen LogP contribution in [0.25, 0.3) is 0 Å². The largest absolute Gasteiger partial charge is 0.259 e. The molecule has 1 rings (SSSR count). The van der Waals surface area contributed by atoms with E-state index < -0.39 is 32.3 Å². The van der Waals surface area contributed by atoms with Crippen LogP contribution >= 0.6 is 69.6 Å². The van der Waals surface area contributed by atoms with Gasteiger partial charge >= 0.3 is 0 Å². The second kappa shape index (κ2) is 7.50. The molecule has 1 saturated carbocycles. The van der Waals surface area contributed by atoms with E-state index in [-0.39, 0.29) is 0 Å². The van der Waals surface area contributed by atoms with Crippen LogP contribution in [0.3, 0.4) is 0 Å². The van der Waals surface area contributed by atoms with E-state index in [0.717, 1.165) is 0 Å². The van der Waals surface area contributed by atoms with Gasteiger partial charge in [0.25, 0.3) is 0 Å². The molecule has 1 fully saturated rings. The van der Waals surface area contributed by atoms with E-state index in [4.69, 9.17) is 75.0 Å². The van der Waals surface area contributed by atoms with E-state index in [1.165, 1.54) is 0 Å². The normalized spacial score (nSPS) is 44.9. The lowest BCUT2D eigenvalue weighted by atomic mass is 9.97. The molecule has 0 radical (unpaired) electrons. The Kier molecular flexibility index (Phi) is 8.10. The van der Waals surface area contributed by atoms with Crippen LogP contribution in [-0.2, 0) is 0 Å². The number of hydrogen-bond acceptors (Lipinski definition) is 1. The van der Waals surface area contributed by atoms with Gasteiger partial charge in [0.2, 0.25) is 0 Å². The summed E-state index contributed by atoms with van der Waals surface area (Å²) in [6.45, 7) is 2.90. The van der Waals surface area contributed by atoms with Crippen LogP contribution in [0.5, 0.6) is 0 Å². The van der Waals surface area contributed by atoms with Gasteiger partial charge in [0.15, 0.2) is 0 Å². The first kappa shape index (κ1) is 16.2. The lowest BCUT2D eigenvalue weighted by Gasteiger charge is -2.37. The summed E-state index contributed by atoms with van der Waals surface area (Å²) < 4.78 is 0. The fourth-order valence-corrected chi connectivity index (χ4v) is 3.38. The van der Waals surface area contributed by atoms with E-state index in [1.807, 2.05) is 0 Å². The van der Waals surface area contributed by atoms with E-state index in [1.54, 1.807) is 5.87 Å². The summed E-state index contributed by atoms with van der Waals surface area (Å²) in [6, 6.07) is 0. The Balaban J connectivity index is 0.000000583. The van der Waals surface area contributed by atoms with Crippen LogP contribution in [-0.4, -0.2) is 38.1 Å². The standard InChI is InChI=1S/C6H6Cl6.C2H3N/c7-1-2(8)4(10)6(12)5(11)3(1)9;1-2-3/h1-6H;3H,1H2. The second-order valence-electron chi connectivity index (χ2n) is 2.84. The predicted molar refractivity (Wildman–Crippen MR) is 71.2 cm³/mol. The molecule has 1 N–H and O–H groups in total. The van der Waals surface area contributed by atoms with E-state index in [0.29, 0.717) is 0 Å². The van der Waals surface area contributed by atoms with Crippen molar-refractivity contribution in [2.45, 2.75) is 32.3 Å². The molecule has 0 heterocycles. The highest BCUT2D eigenvalue weighted by atomic mass is 35.5. The average Bonchev–Trinajstić information content (AvgIpc) is 2.22. The maximum Gasteiger partial charge on any atom is 0.0693 e. The molecule has 88 valence electrons. The molecule has 0 saturated heterocycles. The molecule has 0 atom stereocenters. The predicted octanol–water partition coefficient (Wildman–Crippen LogP) is 4.07. The summed E-state index contributed by atoms with van der Waals surface area (Å²) in [5.74, 6) is 1.75. The van der Waals surface area contributed by atoms with Gasteiger partial charge in [0.05, 0.1) is 32.3 Å². The summed E-state index contributed by atoms with van der Waals surface area (Å²) in [7, 11) is 0. The van der Waals surface area contributed by atoms with Gasteiger partial charge in [0, 0.05) is 0 Å². The summed E-state index contributed by atoms with van der Waals surface area (Å²) in [5, 5.41) is 3.23. The highest BCUT2D eigenvalue weighted by Gasteiger charge is 2.46. The fraction of sp³-hybridized carbons (Fsp3) is 0.750. The molecule has 15 heavy (non-hydrogen) atoms. The Morgan fingerprint density at radius 3 is 0.800 bits per heavy atom. The first-order chi connectivity index (χ1) is 6.88. The smallest absolute Gasteiger partial charge is 0.0693 e. The summed E-state index contributed by atoms with van der Waals surface area (Å²) in [5.41, 5.74) is 0. The second-order valence-corrected chi connectivity index (χ2v) is 5.87. The van der Waals surface area contributed by atoms with E-state index in [2.05, 4.69) is 6.58 Å². The molecule has 0 bridgehead atoms. The number of halogens is 6. The molecule has 0 aromatic rings. The maximum atomic E-state index is 5.88. The molecule has 0 aliphatic heterocycles. The van der Waals surface area contributed by atoms with Crippen LogP contribution in [0.1, 0.15) is 0 Å². The van der Waals surface area contributed by atoms with Crippen molar-refractivity contribution in [3.8, 4) is 0 Å². The first-order valence-corrected chi connectivity index (χ1v) is 6.53. The van der Waals surface area contributed by atoms with Crippen molar-refractivity contribution in [3.05, 3.63) is 6.58 Å². The Morgan fingerprint density at radius 1 is 0.667 bits per heavy atom. The molecular formula is C8H9Cl6N. The SMILES string of the molecule is C=C=N.ClC1C(Cl)C(Cl)C(Cl)C(Cl)C1Cl. The molecule has 1 aliphatic carbocycles. The highest BCUT2D eigenvalue weighted by Crippen LogP contribution is 2.39. The molecule has 0 aromatic carbocycles. The van der Waals surface area contributed by atoms with Gasteiger partial charge in [0.1, 0.15) is 0 Å². The molecule has 0 amide bonds. The highest BCUT2D eigenvalue weighted by molar-refractivity contribution is 6.45. The lowest BCUT2D eigenvalue weighted by Crippen LogP contribution is -2.52. The Bertz CT molecular complexity index is 171. The molecule has 0 spiro atoms. The Morgan fingerprint density at radius 2 is 0.733 bits per heavy atom. The van der Waals surface area contributed by atoms with E-state index in [9.17, 15) is 0 Å². The quantitative estimate of drug-likeness (QED) is 0.511. The van der Waals surface area contributed by atoms with Gasteiger partial charge in [-0.15, -0.1) is 69.6 Å². The molecule has 0 unspecified atom stereocenters. The van der Waals surface area contributed by atoms with Crippen LogP contribution < -0.4 is 0 Å². The zero-order chi connectivity index (χ0) is 12.2. The van der Waals surface area contributed by atoms with Crippen LogP contribution in [0, 0.1) is 5.41 Å². The van der Waals surface area contributed by atoms with Crippen LogP contribution in [0.4, 0.5) is 0 Å². The molecule has 1 aliphatic rings. The third-order valence-electron chi connectivity index (χ3n) is 1.83. The van der Waals surface area contributed by atoms with Crippen molar-refractivity contribution >= 4 is 75.5 Å². The number of hydrogen-bond donors (Lipinski definition) is 1. The number of alkyl halides is 6. The van der Waals surface area contributed by atoms with E-state index >= 15 is 0 Å². The Labute approximate surface area is 119 Å². The van der Waals surface area contributed by atoms with Crippen LogP contribution in [0.2, 0.25) is 0 Å². The van der Waals surface area contributed by atoms with Crippen molar-refractivity contribution in [3.63, 3.8) is 0 Å². The van der Waals surface area contributed by atoms with Gasteiger partial charge in [-0.1, -0.05) is 0 Å². The zero-order valence-corrected chi connectivity index (χ0v) is 12.0. The minimum Gasteiger partial charge on any atom is -0.259 e. The minimum absolute atomic E-state index is 0.437. The minimum atomic E-state index is -0.437. The topological polar surface area (TPSA) is 23.9 Å².